The molecule has 3 rings (SSSR count). The summed E-state index contributed by atoms with van der Waals surface area (Å²) in [5.41, 5.74) is 3.98. The van der Waals surface area contributed by atoms with Crippen LogP contribution in [0.2, 0.25) is 0 Å². The molecule has 0 spiro atoms. The number of allylic oxidation sites excluding steroid dienone is 1. The van der Waals surface area contributed by atoms with Crippen molar-refractivity contribution in [3.63, 3.8) is 0 Å². The molecule has 1 heterocycles. The number of hydrogen-bond acceptors (Lipinski definition) is 2. The third-order valence-electron chi connectivity index (χ3n) is 4.26. The summed E-state index contributed by atoms with van der Waals surface area (Å²) in [6, 6.07) is 18.9. The fourth-order valence-corrected chi connectivity index (χ4v) is 2.97. The van der Waals surface area contributed by atoms with Gasteiger partial charge in [0.25, 0.3) is 0 Å². The average molecular weight is 344 g/mol. The van der Waals surface area contributed by atoms with Gasteiger partial charge in [-0.25, -0.2) is 4.39 Å². The molecule has 3 aromatic rings. The molecule has 0 bridgehead atoms. The molecule has 128 valence electrons. The van der Waals surface area contributed by atoms with E-state index in [4.69, 9.17) is 0 Å². The second-order valence-corrected chi connectivity index (χ2v) is 6.00. The van der Waals surface area contributed by atoms with Crippen LogP contribution in [-0.2, 0) is 0 Å². The molecule has 0 aliphatic heterocycles. The number of aromatic nitrogens is 1. The Morgan fingerprint density at radius 2 is 1.73 bits per heavy atom. The van der Waals surface area contributed by atoms with E-state index in [2.05, 4.69) is 0 Å². The Bertz CT molecular complexity index is 1020. The van der Waals surface area contributed by atoms with Crippen molar-refractivity contribution in [2.24, 2.45) is 0 Å². The van der Waals surface area contributed by atoms with Crippen molar-refractivity contribution >= 4 is 11.9 Å². The molecular weight excluding hydrogens is 327 g/mol. The lowest BCUT2D eigenvalue weighted by Gasteiger charge is -2.09. The Morgan fingerprint density at radius 1 is 1.08 bits per heavy atom. The number of halogens is 1. The van der Waals surface area contributed by atoms with E-state index in [1.54, 1.807) is 42.5 Å². The number of carbonyl (C=O) groups is 1. The molecule has 0 aliphatic rings. The molecule has 0 amide bonds. The molecule has 0 fully saturated rings. The molecule has 0 atom stereocenters. The first-order chi connectivity index (χ1) is 12.5. The van der Waals surface area contributed by atoms with Gasteiger partial charge in [-0.2, -0.15) is 5.26 Å². The first kappa shape index (κ1) is 17.4. The van der Waals surface area contributed by atoms with E-state index in [-0.39, 0.29) is 17.2 Å². The maximum Gasteiger partial charge on any atom is 0.203 e. The predicted octanol–water partition coefficient (Wildman–Crippen LogP) is 5.02. The predicted molar refractivity (Wildman–Crippen MR) is 99.6 cm³/mol. The van der Waals surface area contributed by atoms with Crippen LogP contribution in [0.15, 0.2) is 66.2 Å². The van der Waals surface area contributed by atoms with Crippen LogP contribution in [0.3, 0.4) is 0 Å². The highest BCUT2D eigenvalue weighted by atomic mass is 19.1. The summed E-state index contributed by atoms with van der Waals surface area (Å²) in [5, 5.41) is 9.45. The topological polar surface area (TPSA) is 45.8 Å². The smallest absolute Gasteiger partial charge is 0.203 e. The molecule has 2 aromatic carbocycles. The summed E-state index contributed by atoms with van der Waals surface area (Å²) >= 11 is 0. The van der Waals surface area contributed by atoms with E-state index >= 15 is 0 Å². The molecule has 1 aromatic heterocycles. The van der Waals surface area contributed by atoms with Crippen LogP contribution < -0.4 is 0 Å². The van der Waals surface area contributed by atoms with E-state index in [1.807, 2.05) is 36.6 Å². The molecule has 0 saturated carbocycles. The molecule has 0 radical (unpaired) electrons. The molecule has 26 heavy (non-hydrogen) atoms. The van der Waals surface area contributed by atoms with Gasteiger partial charge in [0.05, 0.1) is 0 Å². The lowest BCUT2D eigenvalue weighted by atomic mass is 10.0. The number of Topliss-reactive ketones (excluding diaryl/α,β-unsaturated/α-hetero) is 1. The molecule has 4 heteroatoms. The van der Waals surface area contributed by atoms with Crippen LogP contribution in [0, 0.1) is 31.0 Å². The Labute approximate surface area is 151 Å². The zero-order valence-electron chi connectivity index (χ0n) is 14.5. The Hall–Kier alpha value is -3.45. The second kappa shape index (κ2) is 7.20. The zero-order chi connectivity index (χ0) is 18.7. The van der Waals surface area contributed by atoms with E-state index < -0.39 is 0 Å². The number of carbonyl (C=O) groups excluding carboxylic acids is 1. The van der Waals surface area contributed by atoms with Crippen LogP contribution in [-0.4, -0.2) is 10.4 Å². The maximum atomic E-state index is 13.2. The van der Waals surface area contributed by atoms with Crippen molar-refractivity contribution in [3.8, 4) is 11.8 Å². The summed E-state index contributed by atoms with van der Waals surface area (Å²) in [6.45, 7) is 3.84. The number of ketones is 1. The van der Waals surface area contributed by atoms with Gasteiger partial charge >= 0.3 is 0 Å². The largest absolute Gasteiger partial charge is 0.318 e. The van der Waals surface area contributed by atoms with Crippen LogP contribution in [0.1, 0.15) is 27.3 Å². The number of rotatable bonds is 4. The van der Waals surface area contributed by atoms with Crippen LogP contribution in [0.25, 0.3) is 11.8 Å². The number of benzene rings is 2. The SMILES string of the molecule is Cc1cc(/C=C(\C#N)C(=O)c2ccccc2)c(C)n1-c1ccc(F)cc1. The molecule has 0 unspecified atom stereocenters. The standard InChI is InChI=1S/C22H17FN2O/c1-15-12-18(16(2)25(15)21-10-8-20(23)9-11-21)13-19(14-24)22(26)17-6-4-3-5-7-17/h3-13H,1-2H3/b19-13+. The second-order valence-electron chi connectivity index (χ2n) is 6.00. The van der Waals surface area contributed by atoms with Crippen molar-refractivity contribution in [3.05, 3.63) is 94.6 Å². The van der Waals surface area contributed by atoms with Gasteiger partial charge in [-0.05, 0) is 55.8 Å². The lowest BCUT2D eigenvalue weighted by molar-refractivity contribution is 0.104. The zero-order valence-corrected chi connectivity index (χ0v) is 14.5. The van der Waals surface area contributed by atoms with E-state index in [0.717, 1.165) is 22.6 Å². The minimum Gasteiger partial charge on any atom is -0.318 e. The number of hydrogen-bond donors (Lipinski definition) is 0. The summed E-state index contributed by atoms with van der Waals surface area (Å²) < 4.78 is 15.1. The third kappa shape index (κ3) is 3.33. The van der Waals surface area contributed by atoms with Gasteiger partial charge in [-0.3, -0.25) is 4.79 Å². The highest BCUT2D eigenvalue weighted by Gasteiger charge is 2.15. The van der Waals surface area contributed by atoms with Gasteiger partial charge in [-0.1, -0.05) is 30.3 Å². The molecule has 0 aliphatic carbocycles. The molecule has 3 nitrogen and oxygen atoms in total. The highest BCUT2D eigenvalue weighted by Crippen LogP contribution is 2.23. The van der Waals surface area contributed by atoms with E-state index in [1.165, 1.54) is 12.1 Å². The van der Waals surface area contributed by atoms with Crippen molar-refractivity contribution in [2.75, 3.05) is 0 Å². The quantitative estimate of drug-likeness (QED) is 0.379. The fraction of sp³-hybridized carbons (Fsp3) is 0.0909. The van der Waals surface area contributed by atoms with E-state index in [0.29, 0.717) is 5.56 Å². The third-order valence-corrected chi connectivity index (χ3v) is 4.26. The minimum absolute atomic E-state index is 0.0792. The Morgan fingerprint density at radius 3 is 2.35 bits per heavy atom. The number of aryl methyl sites for hydroxylation is 1. The van der Waals surface area contributed by atoms with Gasteiger partial charge < -0.3 is 4.57 Å². The van der Waals surface area contributed by atoms with Crippen LogP contribution in [0.5, 0.6) is 0 Å². The van der Waals surface area contributed by atoms with Crippen LogP contribution >= 0.6 is 0 Å². The molecule has 0 N–H and O–H groups in total. The minimum atomic E-state index is -0.306. The van der Waals surface area contributed by atoms with Gasteiger partial charge in [0.15, 0.2) is 0 Å². The van der Waals surface area contributed by atoms with Gasteiger partial charge in [0.2, 0.25) is 5.78 Å². The van der Waals surface area contributed by atoms with Crippen molar-refractivity contribution in [1.29, 1.82) is 5.26 Å². The van der Waals surface area contributed by atoms with Gasteiger partial charge in [0.1, 0.15) is 17.5 Å². The number of nitriles is 1. The summed E-state index contributed by atoms with van der Waals surface area (Å²) in [7, 11) is 0. The lowest BCUT2D eigenvalue weighted by Crippen LogP contribution is -2.02. The van der Waals surface area contributed by atoms with Crippen molar-refractivity contribution in [1.82, 2.24) is 4.57 Å². The number of nitrogens with zero attached hydrogens (tertiary/aromatic N) is 2. The highest BCUT2D eigenvalue weighted by molar-refractivity contribution is 6.14. The van der Waals surface area contributed by atoms with Crippen molar-refractivity contribution < 1.29 is 9.18 Å². The fourth-order valence-electron chi connectivity index (χ4n) is 2.97. The monoisotopic (exact) mass is 344 g/mol. The Kier molecular flexibility index (Phi) is 4.81. The average Bonchev–Trinajstić information content (AvgIpc) is 2.94. The van der Waals surface area contributed by atoms with Crippen LogP contribution in [0.4, 0.5) is 4.39 Å². The van der Waals surface area contributed by atoms with Gasteiger partial charge in [-0.15, -0.1) is 0 Å². The van der Waals surface area contributed by atoms with Gasteiger partial charge in [0, 0.05) is 22.6 Å². The summed E-state index contributed by atoms with van der Waals surface area (Å²) in [6.07, 6.45) is 1.61. The normalized spacial score (nSPS) is 11.2. The first-order valence-electron chi connectivity index (χ1n) is 8.17. The summed E-state index contributed by atoms with van der Waals surface area (Å²) in [4.78, 5) is 12.6. The first-order valence-corrected chi connectivity index (χ1v) is 8.17. The van der Waals surface area contributed by atoms with E-state index in [9.17, 15) is 14.4 Å². The Balaban J connectivity index is 2.03. The van der Waals surface area contributed by atoms with Crippen molar-refractivity contribution in [2.45, 2.75) is 13.8 Å². The summed E-state index contributed by atoms with van der Waals surface area (Å²) in [5.74, 6) is -0.601. The maximum absolute atomic E-state index is 13.2. The molecule has 0 saturated heterocycles. The molecular formula is C22H17FN2O.